The zero-order chi connectivity index (χ0) is 30.0. The van der Waals surface area contributed by atoms with Gasteiger partial charge in [-0.3, -0.25) is 9.59 Å². The lowest BCUT2D eigenvalue weighted by Gasteiger charge is -2.36. The Morgan fingerprint density at radius 2 is 1.68 bits per heavy atom. The average Bonchev–Trinajstić information content (AvgIpc) is 2.92. The van der Waals surface area contributed by atoms with E-state index in [4.69, 9.17) is 4.74 Å². The Bertz CT molecular complexity index is 1150. The molecule has 1 aliphatic carbocycles. The van der Waals surface area contributed by atoms with Gasteiger partial charge in [0.2, 0.25) is 11.8 Å². The van der Waals surface area contributed by atoms with Crippen LogP contribution in [-0.4, -0.2) is 47.0 Å². The third-order valence-corrected chi connectivity index (χ3v) is 7.55. The second-order valence-corrected chi connectivity index (χ2v) is 12.4. The second-order valence-electron chi connectivity index (χ2n) is 12.4. The van der Waals surface area contributed by atoms with Crippen LogP contribution in [-0.2, 0) is 20.7 Å². The Kier molecular flexibility index (Phi) is 11.8. The Labute approximate surface area is 246 Å². The lowest BCUT2D eigenvalue weighted by Crippen LogP contribution is -2.54. The van der Waals surface area contributed by atoms with E-state index in [1.807, 2.05) is 62.4 Å². The van der Waals surface area contributed by atoms with Crippen LogP contribution in [0, 0.1) is 13.8 Å². The summed E-state index contributed by atoms with van der Waals surface area (Å²) in [6, 6.07) is 14.0. The van der Waals surface area contributed by atoms with E-state index in [2.05, 4.69) is 17.6 Å². The van der Waals surface area contributed by atoms with Gasteiger partial charge in [0.1, 0.15) is 17.7 Å². The van der Waals surface area contributed by atoms with E-state index < -0.39 is 23.8 Å². The van der Waals surface area contributed by atoms with Crippen molar-refractivity contribution in [2.75, 3.05) is 6.54 Å². The molecule has 1 fully saturated rings. The minimum atomic E-state index is -0.904. The van der Waals surface area contributed by atoms with Gasteiger partial charge in [-0.1, -0.05) is 86.7 Å². The molecule has 0 radical (unpaired) electrons. The molecule has 224 valence electrons. The predicted molar refractivity (Wildman–Crippen MR) is 164 cm³/mol. The summed E-state index contributed by atoms with van der Waals surface area (Å²) in [5.41, 5.74) is 2.99. The number of nitrogens with zero attached hydrogens (tertiary/aromatic N) is 1. The van der Waals surface area contributed by atoms with Gasteiger partial charge in [0.25, 0.3) is 0 Å². The van der Waals surface area contributed by atoms with E-state index in [9.17, 15) is 14.4 Å². The summed E-state index contributed by atoms with van der Waals surface area (Å²) in [5, 5.41) is 6.14. The lowest BCUT2D eigenvalue weighted by molar-refractivity contribution is -0.143. The number of hydrogen-bond donors (Lipinski definition) is 2. The van der Waals surface area contributed by atoms with Crippen molar-refractivity contribution in [1.82, 2.24) is 15.5 Å². The number of amides is 3. The van der Waals surface area contributed by atoms with Crippen LogP contribution in [0.15, 0.2) is 48.5 Å². The van der Waals surface area contributed by atoms with Crippen molar-refractivity contribution < 1.29 is 19.1 Å². The van der Waals surface area contributed by atoms with Crippen molar-refractivity contribution in [3.63, 3.8) is 0 Å². The molecular weight excluding hydrogens is 514 g/mol. The smallest absolute Gasteiger partial charge is 0.408 e. The van der Waals surface area contributed by atoms with Crippen molar-refractivity contribution in [1.29, 1.82) is 0 Å². The van der Waals surface area contributed by atoms with Crippen LogP contribution in [0.25, 0.3) is 0 Å². The molecule has 7 heteroatoms. The number of ether oxygens (including phenoxy) is 1. The fourth-order valence-corrected chi connectivity index (χ4v) is 5.43. The maximum Gasteiger partial charge on any atom is 0.408 e. The molecule has 1 aliphatic rings. The molecule has 1 saturated carbocycles. The first-order valence-electron chi connectivity index (χ1n) is 15.2. The molecule has 2 aromatic rings. The number of benzene rings is 2. The van der Waals surface area contributed by atoms with Crippen molar-refractivity contribution in [2.24, 2.45) is 0 Å². The van der Waals surface area contributed by atoms with Crippen molar-refractivity contribution in [2.45, 2.75) is 117 Å². The maximum atomic E-state index is 14.5. The summed E-state index contributed by atoms with van der Waals surface area (Å²) in [4.78, 5) is 43.3. The molecule has 0 aliphatic heterocycles. The summed E-state index contributed by atoms with van der Waals surface area (Å²) in [5.74, 6) is -0.455. The van der Waals surface area contributed by atoms with Crippen LogP contribution in [0.3, 0.4) is 0 Å². The molecule has 2 aromatic carbocycles. The largest absolute Gasteiger partial charge is 0.444 e. The molecule has 0 aromatic heterocycles. The van der Waals surface area contributed by atoms with Gasteiger partial charge in [-0.15, -0.1) is 0 Å². The normalized spacial score (nSPS) is 15.5. The molecule has 2 atom stereocenters. The van der Waals surface area contributed by atoms with Gasteiger partial charge in [-0.2, -0.15) is 0 Å². The highest BCUT2D eigenvalue weighted by Gasteiger charge is 2.37. The number of aryl methyl sites for hydroxylation is 2. The third-order valence-electron chi connectivity index (χ3n) is 7.55. The number of unbranched alkanes of at least 4 members (excludes halogenated alkanes) is 1. The number of rotatable bonds is 11. The molecule has 7 nitrogen and oxygen atoms in total. The van der Waals surface area contributed by atoms with Gasteiger partial charge < -0.3 is 20.3 Å². The summed E-state index contributed by atoms with van der Waals surface area (Å²) in [7, 11) is 0. The highest BCUT2D eigenvalue weighted by molar-refractivity contribution is 5.92. The molecule has 3 rings (SSSR count). The van der Waals surface area contributed by atoms with Crippen molar-refractivity contribution in [3.05, 3.63) is 70.8 Å². The van der Waals surface area contributed by atoms with Gasteiger partial charge in [-0.05, 0) is 70.6 Å². The molecule has 41 heavy (non-hydrogen) atoms. The van der Waals surface area contributed by atoms with Gasteiger partial charge in [0.05, 0.1) is 0 Å². The lowest BCUT2D eigenvalue weighted by atomic mass is 9.92. The summed E-state index contributed by atoms with van der Waals surface area (Å²) < 4.78 is 5.54. The quantitative estimate of drug-likeness (QED) is 0.324. The van der Waals surface area contributed by atoms with E-state index in [0.717, 1.165) is 60.8 Å². The van der Waals surface area contributed by atoms with Crippen molar-refractivity contribution in [3.8, 4) is 0 Å². The van der Waals surface area contributed by atoms with Crippen LogP contribution >= 0.6 is 0 Å². The molecule has 0 bridgehead atoms. The van der Waals surface area contributed by atoms with Crippen LogP contribution in [0.5, 0.6) is 0 Å². The van der Waals surface area contributed by atoms with Crippen LogP contribution in [0.1, 0.15) is 101 Å². The molecular formula is C34H49N3O4. The molecule has 0 saturated heterocycles. The zero-order valence-corrected chi connectivity index (χ0v) is 25.8. The Morgan fingerprint density at radius 1 is 1.00 bits per heavy atom. The van der Waals surface area contributed by atoms with E-state index in [0.29, 0.717) is 6.54 Å². The Morgan fingerprint density at radius 3 is 2.32 bits per heavy atom. The molecule has 2 N–H and O–H groups in total. The SMILES string of the molecule is CCCCN(C(=O)C(Cc1ccccc1)NC(=O)OC(C)(C)C)C(C(=O)NC1CCCCC1)c1cc(C)ccc1C. The topological polar surface area (TPSA) is 87.7 Å². The summed E-state index contributed by atoms with van der Waals surface area (Å²) in [6.07, 6.45) is 6.49. The predicted octanol–water partition coefficient (Wildman–Crippen LogP) is 6.56. The van der Waals surface area contributed by atoms with Gasteiger partial charge in [0, 0.05) is 19.0 Å². The molecule has 2 unspecified atom stereocenters. The standard InChI is InChI=1S/C34H49N3O4/c1-7-8-21-37(32(39)29(23-26-15-11-9-12-16-26)36-33(40)41-34(4,5)6)30(28-22-24(2)19-20-25(28)3)31(38)35-27-17-13-10-14-18-27/h9,11-12,15-16,19-20,22,27,29-30H,7-8,10,13-14,17-18,21,23H2,1-6H3,(H,35,38)(H,36,40). The fraction of sp³-hybridized carbons (Fsp3) is 0.559. The fourth-order valence-electron chi connectivity index (χ4n) is 5.43. The zero-order valence-electron chi connectivity index (χ0n) is 25.8. The molecule has 0 heterocycles. The van der Waals surface area contributed by atoms with E-state index in [1.165, 1.54) is 6.42 Å². The Hall–Kier alpha value is -3.35. The first-order valence-corrected chi connectivity index (χ1v) is 15.2. The summed E-state index contributed by atoms with van der Waals surface area (Å²) >= 11 is 0. The first kappa shape index (κ1) is 32.2. The number of hydrogen-bond acceptors (Lipinski definition) is 4. The Balaban J connectivity index is 2.04. The highest BCUT2D eigenvalue weighted by Crippen LogP contribution is 2.29. The van der Waals surface area contributed by atoms with Gasteiger partial charge in [0.15, 0.2) is 0 Å². The molecule has 0 spiro atoms. The number of nitrogens with one attached hydrogen (secondary N) is 2. The average molecular weight is 564 g/mol. The van der Waals surface area contributed by atoms with Crippen LogP contribution in [0.2, 0.25) is 0 Å². The number of alkyl carbamates (subject to hydrolysis) is 1. The van der Waals surface area contributed by atoms with Crippen LogP contribution in [0.4, 0.5) is 4.79 Å². The van der Waals surface area contributed by atoms with E-state index >= 15 is 0 Å². The van der Waals surface area contributed by atoms with Crippen LogP contribution < -0.4 is 10.6 Å². The molecule has 3 amide bonds. The third kappa shape index (κ3) is 9.91. The maximum absolute atomic E-state index is 14.5. The number of carbonyl (C=O) groups is 3. The van der Waals surface area contributed by atoms with E-state index in [1.54, 1.807) is 25.7 Å². The second kappa shape index (κ2) is 15.0. The van der Waals surface area contributed by atoms with E-state index in [-0.39, 0.29) is 24.3 Å². The minimum absolute atomic E-state index is 0.104. The minimum Gasteiger partial charge on any atom is -0.444 e. The van der Waals surface area contributed by atoms with Gasteiger partial charge in [-0.25, -0.2) is 4.79 Å². The highest BCUT2D eigenvalue weighted by atomic mass is 16.6. The van der Waals surface area contributed by atoms with Gasteiger partial charge >= 0.3 is 6.09 Å². The summed E-state index contributed by atoms with van der Waals surface area (Å²) in [6.45, 7) is 11.8. The monoisotopic (exact) mass is 563 g/mol. The number of carbonyl (C=O) groups excluding carboxylic acids is 3. The first-order chi connectivity index (χ1) is 19.5. The van der Waals surface area contributed by atoms with Crippen molar-refractivity contribution >= 4 is 17.9 Å².